The number of rotatable bonds is 6. The highest BCUT2D eigenvalue weighted by atomic mass is 16.5. The topological polar surface area (TPSA) is 67.0 Å². The van der Waals surface area contributed by atoms with E-state index in [1.54, 1.807) is 13.3 Å². The van der Waals surface area contributed by atoms with Crippen molar-refractivity contribution in [1.29, 1.82) is 0 Å². The molecule has 0 aliphatic heterocycles. The van der Waals surface area contributed by atoms with Crippen LogP contribution in [0, 0.1) is 5.92 Å². The summed E-state index contributed by atoms with van der Waals surface area (Å²) in [5.41, 5.74) is 3.14. The molecule has 0 spiro atoms. The lowest BCUT2D eigenvalue weighted by Crippen LogP contribution is -2.25. The number of hydrogen-bond donors (Lipinski definition) is 2. The van der Waals surface area contributed by atoms with Crippen molar-refractivity contribution in [2.45, 2.75) is 18.9 Å². The number of nitrogens with one attached hydrogen (secondary N) is 2. The highest BCUT2D eigenvalue weighted by Gasteiger charge is 2.45. The van der Waals surface area contributed by atoms with Gasteiger partial charge in [0.1, 0.15) is 11.6 Å². The Bertz CT molecular complexity index is 904. The maximum atomic E-state index is 12.4. The van der Waals surface area contributed by atoms with Crippen LogP contribution in [-0.4, -0.2) is 23.0 Å². The van der Waals surface area contributed by atoms with Gasteiger partial charge in [-0.05, 0) is 29.5 Å². The molecular formula is C21H21N3O2. The first kappa shape index (κ1) is 16.4. The van der Waals surface area contributed by atoms with Crippen LogP contribution in [0.1, 0.15) is 23.7 Å². The Labute approximate surface area is 152 Å². The molecule has 132 valence electrons. The summed E-state index contributed by atoms with van der Waals surface area (Å²) >= 11 is 0. The zero-order valence-corrected chi connectivity index (χ0v) is 14.6. The number of hydrogen-bond acceptors (Lipinski definition) is 3. The number of nitrogens with zero attached hydrogens (tertiary/aromatic N) is 1. The van der Waals surface area contributed by atoms with E-state index in [1.165, 1.54) is 0 Å². The molecule has 1 saturated carbocycles. The van der Waals surface area contributed by atoms with Crippen LogP contribution in [0.15, 0.2) is 60.8 Å². The zero-order valence-electron chi connectivity index (χ0n) is 14.6. The number of imidazole rings is 1. The summed E-state index contributed by atoms with van der Waals surface area (Å²) in [6.07, 6.45) is 2.66. The van der Waals surface area contributed by atoms with Gasteiger partial charge in [-0.15, -0.1) is 0 Å². The maximum absolute atomic E-state index is 12.4. The molecule has 3 aromatic rings. The average Bonchev–Trinajstić information content (AvgIpc) is 3.36. The van der Waals surface area contributed by atoms with E-state index in [9.17, 15) is 4.79 Å². The molecule has 1 heterocycles. The summed E-state index contributed by atoms with van der Waals surface area (Å²) < 4.78 is 5.40. The Kier molecular flexibility index (Phi) is 4.44. The van der Waals surface area contributed by atoms with Crippen molar-refractivity contribution in [3.8, 4) is 17.0 Å². The number of carbonyl (C=O) groups excluding carboxylic acids is 1. The molecule has 4 rings (SSSR count). The molecule has 0 bridgehead atoms. The first-order chi connectivity index (χ1) is 12.8. The van der Waals surface area contributed by atoms with Gasteiger partial charge in [-0.3, -0.25) is 4.79 Å². The lowest BCUT2D eigenvalue weighted by Gasteiger charge is -2.07. The minimum absolute atomic E-state index is 0.00913. The van der Waals surface area contributed by atoms with Crippen molar-refractivity contribution in [3.05, 3.63) is 72.2 Å². The van der Waals surface area contributed by atoms with E-state index in [4.69, 9.17) is 4.74 Å². The first-order valence-corrected chi connectivity index (χ1v) is 8.76. The highest BCUT2D eigenvalue weighted by Crippen LogP contribution is 2.50. The maximum Gasteiger partial charge on any atom is 0.224 e. The predicted octanol–water partition coefficient (Wildman–Crippen LogP) is 3.51. The summed E-state index contributed by atoms with van der Waals surface area (Å²) in [5, 5.41) is 2.99. The summed E-state index contributed by atoms with van der Waals surface area (Å²) in [5.74, 6) is 1.93. The molecule has 5 heteroatoms. The van der Waals surface area contributed by atoms with Crippen molar-refractivity contribution in [2.75, 3.05) is 7.11 Å². The number of para-hydroxylation sites is 1. The number of ether oxygens (including phenoxy) is 1. The van der Waals surface area contributed by atoms with Crippen LogP contribution in [-0.2, 0) is 11.3 Å². The number of benzene rings is 2. The minimum Gasteiger partial charge on any atom is -0.496 e. The molecule has 2 aromatic carbocycles. The Morgan fingerprint density at radius 3 is 2.77 bits per heavy atom. The monoisotopic (exact) mass is 347 g/mol. The largest absolute Gasteiger partial charge is 0.496 e. The quantitative estimate of drug-likeness (QED) is 0.717. The molecule has 2 unspecified atom stereocenters. The number of carbonyl (C=O) groups is 1. The van der Waals surface area contributed by atoms with Crippen LogP contribution >= 0.6 is 0 Å². The van der Waals surface area contributed by atoms with Gasteiger partial charge in [0.2, 0.25) is 5.91 Å². The van der Waals surface area contributed by atoms with Gasteiger partial charge in [0.05, 0.1) is 25.5 Å². The lowest BCUT2D eigenvalue weighted by atomic mass is 10.1. The van der Waals surface area contributed by atoms with Gasteiger partial charge < -0.3 is 15.0 Å². The molecule has 2 N–H and O–H groups in total. The van der Waals surface area contributed by atoms with E-state index >= 15 is 0 Å². The van der Waals surface area contributed by atoms with Gasteiger partial charge >= 0.3 is 0 Å². The van der Waals surface area contributed by atoms with Crippen LogP contribution in [0.3, 0.4) is 0 Å². The number of H-pyrrole nitrogens is 1. The summed E-state index contributed by atoms with van der Waals surface area (Å²) in [6, 6.07) is 17.9. The van der Waals surface area contributed by atoms with Gasteiger partial charge in [-0.25, -0.2) is 4.98 Å². The molecule has 1 aliphatic carbocycles. The number of aromatic amines is 1. The zero-order chi connectivity index (χ0) is 17.9. The van der Waals surface area contributed by atoms with Crippen molar-refractivity contribution < 1.29 is 9.53 Å². The van der Waals surface area contributed by atoms with Gasteiger partial charge in [-0.2, -0.15) is 0 Å². The molecule has 5 nitrogen and oxygen atoms in total. The standard InChI is InChI=1S/C21H21N3O2/c1-26-19-10-6-5-9-15(19)16-11-17(16)21(25)23-13-20-22-12-18(24-20)14-7-3-2-4-8-14/h2-10,12,16-17H,11,13H2,1H3,(H,22,24)(H,23,25). The fraction of sp³-hybridized carbons (Fsp3) is 0.238. The fourth-order valence-corrected chi connectivity index (χ4v) is 3.32. The molecule has 1 aliphatic rings. The molecule has 0 saturated heterocycles. The molecular weight excluding hydrogens is 326 g/mol. The second-order valence-electron chi connectivity index (χ2n) is 6.52. The lowest BCUT2D eigenvalue weighted by molar-refractivity contribution is -0.122. The normalized spacial score (nSPS) is 18.3. The molecule has 1 fully saturated rings. The van der Waals surface area contributed by atoms with Crippen molar-refractivity contribution >= 4 is 5.91 Å². The first-order valence-electron chi connectivity index (χ1n) is 8.76. The van der Waals surface area contributed by atoms with E-state index in [2.05, 4.69) is 15.3 Å². The third kappa shape index (κ3) is 3.33. The SMILES string of the molecule is COc1ccccc1C1CC1C(=O)NCc1ncc(-c2ccccc2)[nH]1. The number of aromatic nitrogens is 2. The van der Waals surface area contributed by atoms with E-state index in [0.29, 0.717) is 6.54 Å². The third-order valence-electron chi connectivity index (χ3n) is 4.81. The van der Waals surface area contributed by atoms with Crippen LogP contribution < -0.4 is 10.1 Å². The van der Waals surface area contributed by atoms with Gasteiger partial charge in [0, 0.05) is 5.92 Å². The van der Waals surface area contributed by atoms with Gasteiger partial charge in [-0.1, -0.05) is 48.5 Å². The number of amides is 1. The van der Waals surface area contributed by atoms with Crippen molar-refractivity contribution in [1.82, 2.24) is 15.3 Å². The Morgan fingerprint density at radius 2 is 1.96 bits per heavy atom. The van der Waals surface area contributed by atoms with Gasteiger partial charge in [0.15, 0.2) is 0 Å². The van der Waals surface area contributed by atoms with Crippen LogP contribution in [0.25, 0.3) is 11.3 Å². The smallest absolute Gasteiger partial charge is 0.224 e. The van der Waals surface area contributed by atoms with Gasteiger partial charge in [0.25, 0.3) is 0 Å². The van der Waals surface area contributed by atoms with E-state index in [-0.39, 0.29) is 17.7 Å². The highest BCUT2D eigenvalue weighted by molar-refractivity contribution is 5.83. The predicted molar refractivity (Wildman–Crippen MR) is 99.7 cm³/mol. The molecule has 1 aromatic heterocycles. The Hall–Kier alpha value is -3.08. The minimum atomic E-state index is 0.00913. The summed E-state index contributed by atoms with van der Waals surface area (Å²) in [7, 11) is 1.66. The van der Waals surface area contributed by atoms with Crippen LogP contribution in [0.2, 0.25) is 0 Å². The molecule has 1 amide bonds. The fourth-order valence-electron chi connectivity index (χ4n) is 3.32. The van der Waals surface area contributed by atoms with Crippen LogP contribution in [0.4, 0.5) is 0 Å². The second kappa shape index (κ2) is 7.04. The molecule has 2 atom stereocenters. The number of methoxy groups -OCH3 is 1. The second-order valence-corrected chi connectivity index (χ2v) is 6.52. The Balaban J connectivity index is 1.35. The molecule has 26 heavy (non-hydrogen) atoms. The Morgan fingerprint density at radius 1 is 1.19 bits per heavy atom. The van der Waals surface area contributed by atoms with E-state index in [1.807, 2.05) is 54.6 Å². The van der Waals surface area contributed by atoms with Crippen LogP contribution in [0.5, 0.6) is 5.75 Å². The van der Waals surface area contributed by atoms with E-state index in [0.717, 1.165) is 34.8 Å². The van der Waals surface area contributed by atoms with E-state index < -0.39 is 0 Å². The third-order valence-corrected chi connectivity index (χ3v) is 4.81. The summed E-state index contributed by atoms with van der Waals surface area (Å²) in [4.78, 5) is 20.1. The summed E-state index contributed by atoms with van der Waals surface area (Å²) in [6.45, 7) is 0.404. The molecule has 0 radical (unpaired) electrons. The van der Waals surface area contributed by atoms with Crippen molar-refractivity contribution in [2.24, 2.45) is 5.92 Å². The average molecular weight is 347 g/mol. The van der Waals surface area contributed by atoms with Crippen molar-refractivity contribution in [3.63, 3.8) is 0 Å².